The highest BCUT2D eigenvalue weighted by Gasteiger charge is 2.22. The van der Waals surface area contributed by atoms with Crippen LogP contribution in [0, 0.1) is 5.92 Å². The van der Waals surface area contributed by atoms with Crippen LogP contribution >= 0.6 is 0 Å². The third kappa shape index (κ3) is 10.7. The molecular formula is C29H41NO3. The lowest BCUT2D eigenvalue weighted by Crippen LogP contribution is -2.29. The number of nitrogens with zero attached hydrogens (tertiary/aromatic N) is 1. The van der Waals surface area contributed by atoms with Crippen molar-refractivity contribution >= 4 is 11.9 Å². The zero-order chi connectivity index (χ0) is 24.1. The molecule has 180 valence electrons. The molecule has 1 aromatic carbocycles. The van der Waals surface area contributed by atoms with E-state index in [4.69, 9.17) is 5.11 Å². The van der Waals surface area contributed by atoms with Gasteiger partial charge < -0.3 is 10.0 Å². The van der Waals surface area contributed by atoms with Crippen molar-refractivity contribution in [3.05, 3.63) is 70.8 Å². The van der Waals surface area contributed by atoms with Crippen LogP contribution in [0.1, 0.15) is 77.7 Å². The lowest BCUT2D eigenvalue weighted by molar-refractivity contribution is -0.138. The van der Waals surface area contributed by atoms with Crippen molar-refractivity contribution in [1.82, 2.24) is 4.90 Å². The number of rotatable bonds is 15. The molecule has 0 saturated carbocycles. The van der Waals surface area contributed by atoms with Crippen LogP contribution in [0.2, 0.25) is 0 Å². The summed E-state index contributed by atoms with van der Waals surface area (Å²) >= 11 is 0. The van der Waals surface area contributed by atoms with E-state index in [2.05, 4.69) is 44.2 Å². The summed E-state index contributed by atoms with van der Waals surface area (Å²) in [7, 11) is 0. The fraction of sp³-hybridized carbons (Fsp3) is 0.517. The first-order valence-corrected chi connectivity index (χ1v) is 12.4. The van der Waals surface area contributed by atoms with Gasteiger partial charge in [0.2, 0.25) is 5.91 Å². The summed E-state index contributed by atoms with van der Waals surface area (Å²) < 4.78 is 0. The molecule has 0 saturated heterocycles. The van der Waals surface area contributed by atoms with Gasteiger partial charge in [-0.2, -0.15) is 0 Å². The number of carboxylic acid groups (broad SMARTS) is 1. The third-order valence-corrected chi connectivity index (χ3v) is 6.36. The highest BCUT2D eigenvalue weighted by Crippen LogP contribution is 2.19. The minimum atomic E-state index is -0.703. The molecule has 0 aromatic heterocycles. The SMILES string of the molecule is C/C(=C\CCC1=CCN(CCc2ccccc2)C1=O)CC/C=C(\C)CCC[C@H](C)CC(=O)O. The van der Waals surface area contributed by atoms with Gasteiger partial charge in [-0.05, 0) is 76.7 Å². The molecule has 1 amide bonds. The Morgan fingerprint density at radius 1 is 1.06 bits per heavy atom. The molecule has 1 aliphatic rings. The lowest BCUT2D eigenvalue weighted by atomic mass is 9.98. The summed E-state index contributed by atoms with van der Waals surface area (Å²) in [5.74, 6) is -0.252. The molecule has 4 heteroatoms. The summed E-state index contributed by atoms with van der Waals surface area (Å²) in [6.45, 7) is 7.87. The summed E-state index contributed by atoms with van der Waals surface area (Å²) in [5, 5.41) is 8.83. The second kappa shape index (κ2) is 14.5. The number of carboxylic acids is 1. The van der Waals surface area contributed by atoms with E-state index < -0.39 is 5.97 Å². The van der Waals surface area contributed by atoms with Crippen LogP contribution in [0.4, 0.5) is 0 Å². The summed E-state index contributed by atoms with van der Waals surface area (Å²) in [5.41, 5.74) is 5.00. The average Bonchev–Trinajstić information content (AvgIpc) is 3.12. The van der Waals surface area contributed by atoms with E-state index in [0.29, 0.717) is 0 Å². The number of carbonyl (C=O) groups excluding carboxylic acids is 1. The van der Waals surface area contributed by atoms with Gasteiger partial charge >= 0.3 is 5.97 Å². The highest BCUT2D eigenvalue weighted by molar-refractivity contribution is 5.95. The predicted molar refractivity (Wildman–Crippen MR) is 136 cm³/mol. The molecule has 1 aliphatic heterocycles. The van der Waals surface area contributed by atoms with E-state index in [9.17, 15) is 9.59 Å². The van der Waals surface area contributed by atoms with Crippen LogP contribution in [-0.2, 0) is 16.0 Å². The van der Waals surface area contributed by atoms with Crippen molar-refractivity contribution < 1.29 is 14.7 Å². The maximum Gasteiger partial charge on any atom is 0.303 e. The molecule has 1 aromatic rings. The van der Waals surface area contributed by atoms with Gasteiger partial charge in [-0.25, -0.2) is 0 Å². The Balaban J connectivity index is 1.61. The smallest absolute Gasteiger partial charge is 0.303 e. The molecule has 1 N–H and O–H groups in total. The van der Waals surface area contributed by atoms with E-state index in [1.54, 1.807) is 0 Å². The van der Waals surface area contributed by atoms with Crippen LogP contribution < -0.4 is 0 Å². The first-order chi connectivity index (χ1) is 15.8. The molecule has 0 unspecified atom stereocenters. The maximum absolute atomic E-state index is 12.6. The molecule has 33 heavy (non-hydrogen) atoms. The molecule has 2 rings (SSSR count). The summed E-state index contributed by atoms with van der Waals surface area (Å²) in [4.78, 5) is 25.3. The Hall–Kier alpha value is -2.62. The van der Waals surface area contributed by atoms with Crippen molar-refractivity contribution in [2.75, 3.05) is 13.1 Å². The van der Waals surface area contributed by atoms with Gasteiger partial charge in [-0.3, -0.25) is 9.59 Å². The Kier molecular flexibility index (Phi) is 11.7. The normalized spacial score (nSPS) is 15.7. The standard InChI is InChI=1S/C29H41NO3/c1-23(12-8-14-25(3)22-28(31)32)10-7-11-24(2)13-9-17-27-19-21-30(29(27)33)20-18-26-15-5-4-6-16-26/h4-6,10,13,15-16,19,25H,7-9,11-12,14,17-18,20-22H2,1-3H3,(H,31,32)/b23-10+,24-13+/t25-/m0/s1. The van der Waals surface area contributed by atoms with Crippen LogP contribution in [0.25, 0.3) is 0 Å². The maximum atomic E-state index is 12.6. The lowest BCUT2D eigenvalue weighted by Gasteiger charge is -2.16. The fourth-order valence-electron chi connectivity index (χ4n) is 4.26. The topological polar surface area (TPSA) is 57.6 Å². The Labute approximate surface area is 200 Å². The largest absolute Gasteiger partial charge is 0.481 e. The minimum Gasteiger partial charge on any atom is -0.481 e. The predicted octanol–water partition coefficient (Wildman–Crippen LogP) is 6.73. The van der Waals surface area contributed by atoms with Crippen molar-refractivity contribution in [3.8, 4) is 0 Å². The third-order valence-electron chi connectivity index (χ3n) is 6.36. The van der Waals surface area contributed by atoms with E-state index in [1.165, 1.54) is 16.7 Å². The zero-order valence-electron chi connectivity index (χ0n) is 20.7. The van der Waals surface area contributed by atoms with Crippen LogP contribution in [0.3, 0.4) is 0 Å². The monoisotopic (exact) mass is 451 g/mol. The van der Waals surface area contributed by atoms with Crippen molar-refractivity contribution in [1.29, 1.82) is 0 Å². The number of hydrogen-bond donors (Lipinski definition) is 1. The van der Waals surface area contributed by atoms with Gasteiger partial charge in [0.05, 0.1) is 0 Å². The first-order valence-electron chi connectivity index (χ1n) is 12.4. The second-order valence-corrected chi connectivity index (χ2v) is 9.49. The van der Waals surface area contributed by atoms with Crippen molar-refractivity contribution in [2.24, 2.45) is 5.92 Å². The molecule has 0 aliphatic carbocycles. The quantitative estimate of drug-likeness (QED) is 0.301. The molecule has 1 heterocycles. The molecule has 4 nitrogen and oxygen atoms in total. The van der Waals surface area contributed by atoms with Crippen molar-refractivity contribution in [3.63, 3.8) is 0 Å². The highest BCUT2D eigenvalue weighted by atomic mass is 16.4. The molecular weight excluding hydrogens is 410 g/mol. The Morgan fingerprint density at radius 3 is 2.48 bits per heavy atom. The van der Waals surface area contributed by atoms with Gasteiger partial charge in [0.1, 0.15) is 0 Å². The number of allylic oxidation sites excluding steroid dienone is 4. The number of aliphatic carboxylic acids is 1. The minimum absolute atomic E-state index is 0.202. The number of benzene rings is 1. The van der Waals surface area contributed by atoms with Gasteiger partial charge in [0.25, 0.3) is 0 Å². The van der Waals surface area contributed by atoms with Crippen molar-refractivity contribution in [2.45, 2.75) is 78.6 Å². The average molecular weight is 452 g/mol. The van der Waals surface area contributed by atoms with E-state index in [-0.39, 0.29) is 18.2 Å². The first kappa shape index (κ1) is 26.6. The molecule has 1 atom stereocenters. The van der Waals surface area contributed by atoms with E-state index in [0.717, 1.165) is 70.0 Å². The van der Waals surface area contributed by atoms with E-state index >= 15 is 0 Å². The van der Waals surface area contributed by atoms with E-state index in [1.807, 2.05) is 30.0 Å². The van der Waals surface area contributed by atoms with Gasteiger partial charge in [-0.1, -0.05) is 66.6 Å². The van der Waals surface area contributed by atoms with Crippen LogP contribution in [-0.4, -0.2) is 35.0 Å². The van der Waals surface area contributed by atoms with Crippen LogP contribution in [0.5, 0.6) is 0 Å². The number of carbonyl (C=O) groups is 2. The van der Waals surface area contributed by atoms with Gasteiger partial charge in [-0.15, -0.1) is 0 Å². The molecule has 0 fully saturated rings. The second-order valence-electron chi connectivity index (χ2n) is 9.49. The fourth-order valence-corrected chi connectivity index (χ4v) is 4.26. The molecule has 0 radical (unpaired) electrons. The number of amides is 1. The molecule has 0 spiro atoms. The zero-order valence-corrected chi connectivity index (χ0v) is 20.7. The van der Waals surface area contributed by atoms with Gasteiger partial charge in [0.15, 0.2) is 0 Å². The Bertz CT molecular complexity index is 851. The molecule has 0 bridgehead atoms. The summed E-state index contributed by atoms with van der Waals surface area (Å²) in [6, 6.07) is 10.3. The van der Waals surface area contributed by atoms with Gasteiger partial charge in [0, 0.05) is 25.1 Å². The van der Waals surface area contributed by atoms with Crippen LogP contribution in [0.15, 0.2) is 65.3 Å². The number of hydrogen-bond acceptors (Lipinski definition) is 2. The Morgan fingerprint density at radius 2 is 1.76 bits per heavy atom. The summed E-state index contributed by atoms with van der Waals surface area (Å²) in [6.07, 6.45) is 14.7.